The zero-order valence-corrected chi connectivity index (χ0v) is 23.4. The number of anilines is 3. The van der Waals surface area contributed by atoms with E-state index in [1.54, 1.807) is 0 Å². The lowest BCUT2D eigenvalue weighted by atomic mass is 9.78. The number of para-hydroxylation sites is 2. The van der Waals surface area contributed by atoms with Crippen LogP contribution in [-0.4, -0.2) is 18.5 Å². The molecule has 38 heavy (non-hydrogen) atoms. The second-order valence-corrected chi connectivity index (χ2v) is 11.2. The highest BCUT2D eigenvalue weighted by Gasteiger charge is 2.37. The van der Waals surface area contributed by atoms with Gasteiger partial charge in [-0.1, -0.05) is 89.1 Å². The molecular weight excluding hydrogens is 470 g/mol. The molecule has 0 aromatic heterocycles. The lowest BCUT2D eigenvalue weighted by Gasteiger charge is -2.33. The minimum Gasteiger partial charge on any atom is -0.336 e. The standard InChI is InChI=1S/C33H41N3O2/c1-23(2)28-12-6-8-14-30(28)36(31-15-9-7-13-29(31)24(3)4)32(38)34-22-33(20-10-11-21-33)26-16-18-27(19-17-26)35-25(5)37/h6-9,12-19,23-24H,10-11,20-22H2,1-5H3,(H,34,38)(H,35,37). The lowest BCUT2D eigenvalue weighted by molar-refractivity contribution is -0.114. The molecule has 1 aliphatic rings. The first-order valence-corrected chi connectivity index (χ1v) is 13.9. The molecule has 0 radical (unpaired) electrons. The van der Waals surface area contributed by atoms with Crippen LogP contribution in [0.5, 0.6) is 0 Å². The molecule has 5 nitrogen and oxygen atoms in total. The number of hydrogen-bond acceptors (Lipinski definition) is 2. The van der Waals surface area contributed by atoms with Gasteiger partial charge in [0.05, 0.1) is 11.4 Å². The summed E-state index contributed by atoms with van der Waals surface area (Å²) in [6.07, 6.45) is 4.33. The molecule has 0 bridgehead atoms. The van der Waals surface area contributed by atoms with Crippen LogP contribution >= 0.6 is 0 Å². The summed E-state index contributed by atoms with van der Waals surface area (Å²) >= 11 is 0. The Balaban J connectivity index is 1.68. The van der Waals surface area contributed by atoms with Gasteiger partial charge in [-0.15, -0.1) is 0 Å². The molecule has 3 aromatic rings. The van der Waals surface area contributed by atoms with Crippen molar-refractivity contribution in [3.63, 3.8) is 0 Å². The summed E-state index contributed by atoms with van der Waals surface area (Å²) in [6, 6.07) is 24.5. The van der Waals surface area contributed by atoms with E-state index in [2.05, 4.69) is 74.7 Å². The smallest absolute Gasteiger partial charge is 0.326 e. The number of benzene rings is 3. The van der Waals surface area contributed by atoms with E-state index in [1.807, 2.05) is 41.3 Å². The normalized spacial score (nSPS) is 14.5. The molecule has 0 saturated heterocycles. The van der Waals surface area contributed by atoms with Crippen LogP contribution in [0, 0.1) is 0 Å². The Hall–Kier alpha value is -3.60. The SMILES string of the molecule is CC(=O)Nc1ccc(C2(CNC(=O)N(c3ccccc3C(C)C)c3ccccc3C(C)C)CCCC2)cc1. The zero-order valence-electron chi connectivity index (χ0n) is 23.4. The van der Waals surface area contributed by atoms with E-state index in [4.69, 9.17) is 0 Å². The molecule has 0 atom stereocenters. The van der Waals surface area contributed by atoms with Crippen LogP contribution in [0.2, 0.25) is 0 Å². The third kappa shape index (κ3) is 5.93. The van der Waals surface area contributed by atoms with Crippen molar-refractivity contribution in [1.82, 2.24) is 5.32 Å². The van der Waals surface area contributed by atoms with Crippen LogP contribution < -0.4 is 15.5 Å². The maximum Gasteiger partial charge on any atom is 0.326 e. The Morgan fingerprint density at radius 3 is 1.76 bits per heavy atom. The molecule has 1 saturated carbocycles. The predicted molar refractivity (Wildman–Crippen MR) is 157 cm³/mol. The van der Waals surface area contributed by atoms with Crippen LogP contribution in [0.15, 0.2) is 72.8 Å². The van der Waals surface area contributed by atoms with Crippen LogP contribution in [-0.2, 0) is 10.2 Å². The maximum absolute atomic E-state index is 14.2. The first kappa shape index (κ1) is 27.4. The summed E-state index contributed by atoms with van der Waals surface area (Å²) in [7, 11) is 0. The van der Waals surface area contributed by atoms with E-state index in [9.17, 15) is 9.59 Å². The van der Waals surface area contributed by atoms with E-state index in [0.29, 0.717) is 6.54 Å². The van der Waals surface area contributed by atoms with Crippen molar-refractivity contribution >= 4 is 29.0 Å². The molecule has 1 fully saturated rings. The highest BCUT2D eigenvalue weighted by Crippen LogP contribution is 2.42. The Bertz CT molecular complexity index is 1210. The van der Waals surface area contributed by atoms with E-state index in [-0.39, 0.29) is 29.2 Å². The van der Waals surface area contributed by atoms with Gasteiger partial charge in [-0.3, -0.25) is 9.69 Å². The van der Waals surface area contributed by atoms with Crippen molar-refractivity contribution in [2.75, 3.05) is 16.8 Å². The predicted octanol–water partition coefficient (Wildman–Crippen LogP) is 8.25. The van der Waals surface area contributed by atoms with Crippen molar-refractivity contribution in [2.24, 2.45) is 0 Å². The van der Waals surface area contributed by atoms with Crippen molar-refractivity contribution in [2.45, 2.75) is 77.6 Å². The summed E-state index contributed by atoms with van der Waals surface area (Å²) in [5.74, 6) is 0.469. The third-order valence-corrected chi connectivity index (χ3v) is 7.76. The summed E-state index contributed by atoms with van der Waals surface area (Å²) in [5.41, 5.74) is 6.02. The maximum atomic E-state index is 14.2. The molecular formula is C33H41N3O2. The van der Waals surface area contributed by atoms with Crippen LogP contribution in [0.1, 0.15) is 88.8 Å². The molecule has 2 N–H and O–H groups in total. The van der Waals surface area contributed by atoms with Gasteiger partial charge < -0.3 is 10.6 Å². The Kier molecular flexibility index (Phi) is 8.55. The average Bonchev–Trinajstić information content (AvgIpc) is 3.38. The fourth-order valence-electron chi connectivity index (χ4n) is 5.76. The largest absolute Gasteiger partial charge is 0.336 e. The van der Waals surface area contributed by atoms with Crippen LogP contribution in [0.25, 0.3) is 0 Å². The average molecular weight is 512 g/mol. The van der Waals surface area contributed by atoms with Gasteiger partial charge in [0.15, 0.2) is 0 Å². The van der Waals surface area contributed by atoms with Crippen molar-refractivity contribution in [3.8, 4) is 0 Å². The topological polar surface area (TPSA) is 61.4 Å². The number of rotatable bonds is 8. The van der Waals surface area contributed by atoms with E-state index < -0.39 is 0 Å². The van der Waals surface area contributed by atoms with Crippen LogP contribution in [0.4, 0.5) is 21.9 Å². The molecule has 4 rings (SSSR count). The van der Waals surface area contributed by atoms with Crippen molar-refractivity contribution < 1.29 is 9.59 Å². The van der Waals surface area contributed by atoms with Gasteiger partial charge >= 0.3 is 6.03 Å². The van der Waals surface area contributed by atoms with Crippen molar-refractivity contribution in [1.29, 1.82) is 0 Å². The van der Waals surface area contributed by atoms with Crippen LogP contribution in [0.3, 0.4) is 0 Å². The monoisotopic (exact) mass is 511 g/mol. The fraction of sp³-hybridized carbons (Fsp3) is 0.394. The number of amides is 3. The van der Waals surface area contributed by atoms with Gasteiger partial charge in [0.25, 0.3) is 0 Å². The molecule has 1 aliphatic carbocycles. The van der Waals surface area contributed by atoms with Gasteiger partial charge in [0.2, 0.25) is 5.91 Å². The molecule has 0 heterocycles. The Labute approximate surface area is 227 Å². The molecule has 3 aromatic carbocycles. The van der Waals surface area contributed by atoms with Gasteiger partial charge in [-0.2, -0.15) is 0 Å². The number of carbonyl (C=O) groups excluding carboxylic acids is 2. The quantitative estimate of drug-likeness (QED) is 0.320. The summed E-state index contributed by atoms with van der Waals surface area (Å²) in [5, 5.41) is 6.21. The van der Waals surface area contributed by atoms with E-state index in [1.165, 1.54) is 12.5 Å². The first-order chi connectivity index (χ1) is 18.2. The summed E-state index contributed by atoms with van der Waals surface area (Å²) < 4.78 is 0. The highest BCUT2D eigenvalue weighted by atomic mass is 16.2. The third-order valence-electron chi connectivity index (χ3n) is 7.76. The summed E-state index contributed by atoms with van der Waals surface area (Å²) in [6.45, 7) is 10.8. The number of carbonyl (C=O) groups is 2. The molecule has 5 heteroatoms. The minimum absolute atomic E-state index is 0.0796. The lowest BCUT2D eigenvalue weighted by Crippen LogP contribution is -2.44. The Morgan fingerprint density at radius 1 is 0.789 bits per heavy atom. The molecule has 0 spiro atoms. The minimum atomic E-state index is -0.120. The van der Waals surface area contributed by atoms with E-state index in [0.717, 1.165) is 53.9 Å². The van der Waals surface area contributed by atoms with Crippen molar-refractivity contribution in [3.05, 3.63) is 89.5 Å². The number of nitrogens with zero attached hydrogens (tertiary/aromatic N) is 1. The van der Waals surface area contributed by atoms with Gasteiger partial charge in [0.1, 0.15) is 0 Å². The second-order valence-electron chi connectivity index (χ2n) is 11.2. The van der Waals surface area contributed by atoms with Gasteiger partial charge in [0, 0.05) is 24.6 Å². The molecule has 3 amide bonds. The number of hydrogen-bond donors (Lipinski definition) is 2. The molecule has 200 valence electrons. The second kappa shape index (κ2) is 11.8. The van der Waals surface area contributed by atoms with Gasteiger partial charge in [-0.05, 0) is 65.6 Å². The van der Waals surface area contributed by atoms with Gasteiger partial charge in [-0.25, -0.2) is 4.79 Å². The first-order valence-electron chi connectivity index (χ1n) is 13.9. The number of urea groups is 1. The van der Waals surface area contributed by atoms with E-state index >= 15 is 0 Å². The Morgan fingerprint density at radius 2 is 1.29 bits per heavy atom. The summed E-state index contributed by atoms with van der Waals surface area (Å²) in [4.78, 5) is 27.5. The zero-order chi connectivity index (χ0) is 27.3. The molecule has 0 unspecified atom stereocenters. The fourth-order valence-corrected chi connectivity index (χ4v) is 5.76. The number of nitrogens with one attached hydrogen (secondary N) is 2. The highest BCUT2D eigenvalue weighted by molar-refractivity contribution is 6.01. The molecule has 0 aliphatic heterocycles.